The summed E-state index contributed by atoms with van der Waals surface area (Å²) in [6.07, 6.45) is 3.14. The molecule has 1 aromatic carbocycles. The third kappa shape index (κ3) is 4.60. The van der Waals surface area contributed by atoms with E-state index in [0.717, 1.165) is 29.5 Å². The molecule has 0 spiro atoms. The second kappa shape index (κ2) is 8.48. The number of alkyl halides is 1. The molecular formula is C17H18ClN5O3. The number of H-pyrrole nitrogens is 1. The SMILES string of the molecule is O=C(O)Cc1cc(Nc2ncnc3cc(OCCCCCl)ccc23)n[nH]1. The average molecular weight is 376 g/mol. The van der Waals surface area contributed by atoms with Crippen LogP contribution in [0.5, 0.6) is 5.75 Å². The second-order valence-electron chi connectivity index (χ2n) is 5.62. The number of carboxylic acid groups (broad SMARTS) is 1. The highest BCUT2D eigenvalue weighted by atomic mass is 35.5. The Balaban J connectivity index is 1.74. The third-order valence-corrected chi connectivity index (χ3v) is 3.89. The van der Waals surface area contributed by atoms with Crippen molar-refractivity contribution in [2.75, 3.05) is 17.8 Å². The number of nitrogens with zero attached hydrogens (tertiary/aromatic N) is 3. The van der Waals surface area contributed by atoms with Crippen LogP contribution >= 0.6 is 11.6 Å². The summed E-state index contributed by atoms with van der Waals surface area (Å²) >= 11 is 5.66. The summed E-state index contributed by atoms with van der Waals surface area (Å²) in [5.41, 5.74) is 1.24. The van der Waals surface area contributed by atoms with E-state index in [4.69, 9.17) is 21.4 Å². The van der Waals surface area contributed by atoms with Gasteiger partial charge in [-0.1, -0.05) is 0 Å². The minimum atomic E-state index is -0.925. The molecule has 9 heteroatoms. The first kappa shape index (κ1) is 17.9. The van der Waals surface area contributed by atoms with Gasteiger partial charge in [-0.3, -0.25) is 9.89 Å². The number of nitrogens with one attached hydrogen (secondary N) is 2. The van der Waals surface area contributed by atoms with Crippen LogP contribution in [-0.4, -0.2) is 43.7 Å². The summed E-state index contributed by atoms with van der Waals surface area (Å²) in [5, 5.41) is 19.4. The molecule has 0 fully saturated rings. The zero-order valence-corrected chi connectivity index (χ0v) is 14.7. The normalized spacial score (nSPS) is 10.8. The standard InChI is InChI=1S/C17H18ClN5O3/c18-5-1-2-6-26-12-3-4-13-14(9-12)19-10-20-17(13)21-15-7-11(22-23-15)8-16(24)25/h3-4,7,9-10H,1-2,5-6,8H2,(H,24,25)(H2,19,20,21,22,23). The Morgan fingerprint density at radius 1 is 1.27 bits per heavy atom. The Morgan fingerprint density at radius 3 is 2.96 bits per heavy atom. The van der Waals surface area contributed by atoms with Crippen molar-refractivity contribution in [2.24, 2.45) is 0 Å². The fourth-order valence-corrected chi connectivity index (χ4v) is 2.60. The van der Waals surface area contributed by atoms with E-state index in [1.54, 1.807) is 6.07 Å². The number of halogens is 1. The van der Waals surface area contributed by atoms with Crippen molar-refractivity contribution in [3.63, 3.8) is 0 Å². The van der Waals surface area contributed by atoms with Gasteiger partial charge in [0.25, 0.3) is 0 Å². The Bertz CT molecular complexity index is 899. The molecule has 0 saturated heterocycles. The molecule has 0 saturated carbocycles. The van der Waals surface area contributed by atoms with E-state index in [2.05, 4.69) is 25.5 Å². The third-order valence-electron chi connectivity index (χ3n) is 3.62. The van der Waals surface area contributed by atoms with Crippen LogP contribution in [0.1, 0.15) is 18.5 Å². The molecule has 0 radical (unpaired) electrons. The highest BCUT2D eigenvalue weighted by molar-refractivity contribution is 6.17. The first-order chi connectivity index (χ1) is 12.7. The number of carboxylic acids is 1. The molecule has 2 heterocycles. The largest absolute Gasteiger partial charge is 0.494 e. The van der Waals surface area contributed by atoms with Gasteiger partial charge in [-0.15, -0.1) is 11.6 Å². The first-order valence-corrected chi connectivity index (χ1v) is 8.66. The van der Waals surface area contributed by atoms with Gasteiger partial charge in [-0.05, 0) is 25.0 Å². The van der Waals surface area contributed by atoms with Crippen molar-refractivity contribution in [3.05, 3.63) is 36.3 Å². The molecule has 0 unspecified atom stereocenters. The molecule has 0 bridgehead atoms. The summed E-state index contributed by atoms with van der Waals surface area (Å²) in [6, 6.07) is 7.22. The molecule has 3 rings (SSSR count). The predicted octanol–water partition coefficient (Wildman–Crippen LogP) is 3.12. The van der Waals surface area contributed by atoms with Gasteiger partial charge in [0, 0.05) is 29.1 Å². The summed E-state index contributed by atoms with van der Waals surface area (Å²) in [7, 11) is 0. The van der Waals surface area contributed by atoms with Crippen LogP contribution in [0.25, 0.3) is 10.9 Å². The zero-order valence-electron chi connectivity index (χ0n) is 13.9. The number of anilines is 2. The maximum Gasteiger partial charge on any atom is 0.309 e. The molecule has 0 aliphatic carbocycles. The average Bonchev–Trinajstić information content (AvgIpc) is 3.05. The number of aromatic nitrogens is 4. The molecule has 8 nitrogen and oxygen atoms in total. The molecule has 2 aromatic heterocycles. The van der Waals surface area contributed by atoms with Gasteiger partial charge in [-0.2, -0.15) is 5.10 Å². The fraction of sp³-hybridized carbons (Fsp3) is 0.294. The van der Waals surface area contributed by atoms with E-state index in [1.807, 2.05) is 18.2 Å². The van der Waals surface area contributed by atoms with Gasteiger partial charge in [-0.25, -0.2) is 9.97 Å². The van der Waals surface area contributed by atoms with Gasteiger partial charge < -0.3 is 15.2 Å². The van der Waals surface area contributed by atoms with Crippen molar-refractivity contribution in [3.8, 4) is 5.75 Å². The van der Waals surface area contributed by atoms with Crippen LogP contribution in [0.3, 0.4) is 0 Å². The van der Waals surface area contributed by atoms with E-state index in [-0.39, 0.29) is 6.42 Å². The summed E-state index contributed by atoms with van der Waals surface area (Å²) in [5.74, 6) is 1.51. The van der Waals surface area contributed by atoms with Crippen molar-refractivity contribution in [2.45, 2.75) is 19.3 Å². The summed E-state index contributed by atoms with van der Waals surface area (Å²) in [4.78, 5) is 19.3. The van der Waals surface area contributed by atoms with Gasteiger partial charge in [0.15, 0.2) is 5.82 Å². The second-order valence-corrected chi connectivity index (χ2v) is 6.00. The van der Waals surface area contributed by atoms with E-state index < -0.39 is 5.97 Å². The molecule has 136 valence electrons. The molecule has 3 aromatic rings. The Morgan fingerprint density at radius 2 is 2.15 bits per heavy atom. The lowest BCUT2D eigenvalue weighted by atomic mass is 10.2. The number of rotatable bonds is 9. The summed E-state index contributed by atoms with van der Waals surface area (Å²) < 4.78 is 5.70. The van der Waals surface area contributed by atoms with Crippen molar-refractivity contribution in [1.29, 1.82) is 0 Å². The Kier molecular flexibility index (Phi) is 5.85. The van der Waals surface area contributed by atoms with Crippen LogP contribution in [-0.2, 0) is 11.2 Å². The number of benzene rings is 1. The molecular weight excluding hydrogens is 358 g/mol. The molecule has 26 heavy (non-hydrogen) atoms. The van der Waals surface area contributed by atoms with Gasteiger partial charge in [0.05, 0.1) is 18.5 Å². The van der Waals surface area contributed by atoms with E-state index in [0.29, 0.717) is 29.8 Å². The number of ether oxygens (including phenoxy) is 1. The van der Waals surface area contributed by atoms with Crippen molar-refractivity contribution >= 4 is 40.1 Å². The molecule has 0 aliphatic rings. The number of aromatic amines is 1. The van der Waals surface area contributed by atoms with Crippen LogP contribution in [0.15, 0.2) is 30.6 Å². The maximum absolute atomic E-state index is 10.7. The first-order valence-electron chi connectivity index (χ1n) is 8.12. The minimum Gasteiger partial charge on any atom is -0.494 e. The number of carbonyl (C=O) groups is 1. The number of aliphatic carboxylic acids is 1. The van der Waals surface area contributed by atoms with Crippen LogP contribution in [0, 0.1) is 0 Å². The monoisotopic (exact) mass is 375 g/mol. The quantitative estimate of drug-likeness (QED) is 0.389. The highest BCUT2D eigenvalue weighted by Crippen LogP contribution is 2.26. The van der Waals surface area contributed by atoms with Crippen LogP contribution in [0.4, 0.5) is 11.6 Å². The van der Waals surface area contributed by atoms with Crippen LogP contribution < -0.4 is 10.1 Å². The Labute approximate surface area is 154 Å². The van der Waals surface area contributed by atoms with Crippen LogP contribution in [0.2, 0.25) is 0 Å². The summed E-state index contributed by atoms with van der Waals surface area (Å²) in [6.45, 7) is 0.605. The number of fused-ring (bicyclic) bond motifs is 1. The highest BCUT2D eigenvalue weighted by Gasteiger charge is 2.09. The lowest BCUT2D eigenvalue weighted by Crippen LogP contribution is -2.00. The number of hydrogen-bond acceptors (Lipinski definition) is 6. The molecule has 3 N–H and O–H groups in total. The Hall–Kier alpha value is -2.87. The van der Waals surface area contributed by atoms with Gasteiger partial charge >= 0.3 is 5.97 Å². The van der Waals surface area contributed by atoms with Crippen molar-refractivity contribution < 1.29 is 14.6 Å². The van der Waals surface area contributed by atoms with Gasteiger partial charge in [0.2, 0.25) is 0 Å². The van der Waals surface area contributed by atoms with Crippen molar-refractivity contribution in [1.82, 2.24) is 20.2 Å². The van der Waals surface area contributed by atoms with Gasteiger partial charge in [0.1, 0.15) is 17.9 Å². The topological polar surface area (TPSA) is 113 Å². The number of hydrogen-bond donors (Lipinski definition) is 3. The minimum absolute atomic E-state index is 0.121. The zero-order chi connectivity index (χ0) is 18.4. The molecule has 0 amide bonds. The molecule has 0 aliphatic heterocycles. The lowest BCUT2D eigenvalue weighted by molar-refractivity contribution is -0.136. The lowest BCUT2D eigenvalue weighted by Gasteiger charge is -2.09. The molecule has 0 atom stereocenters. The number of unbranched alkanes of at least 4 members (excludes halogenated alkanes) is 1. The fourth-order valence-electron chi connectivity index (χ4n) is 2.41. The smallest absolute Gasteiger partial charge is 0.309 e. The van der Waals surface area contributed by atoms with E-state index in [1.165, 1.54) is 6.33 Å². The maximum atomic E-state index is 10.7. The predicted molar refractivity (Wildman–Crippen MR) is 98.2 cm³/mol. The van der Waals surface area contributed by atoms with E-state index >= 15 is 0 Å². The van der Waals surface area contributed by atoms with E-state index in [9.17, 15) is 4.79 Å².